The molecule has 0 aliphatic heterocycles. The zero-order valence-electron chi connectivity index (χ0n) is 26.5. The number of carbonyl (C=O) groups excluding carboxylic acids is 1. The highest BCUT2D eigenvalue weighted by molar-refractivity contribution is 7.11. The highest BCUT2D eigenvalue weighted by Gasteiger charge is 2.31. The number of hydrogen-bond acceptors (Lipinski definition) is 7. The van der Waals surface area contributed by atoms with Crippen LogP contribution in [-0.4, -0.2) is 26.2 Å². The molecule has 50 heavy (non-hydrogen) atoms. The Morgan fingerprint density at radius 3 is 1.40 bits per heavy atom. The Kier molecular flexibility index (Phi) is 9.89. The van der Waals surface area contributed by atoms with Crippen LogP contribution in [0, 0.1) is 0 Å². The lowest BCUT2D eigenvalue weighted by Crippen LogP contribution is -2.17. The van der Waals surface area contributed by atoms with Crippen LogP contribution >= 0.6 is 22.7 Å². The topological polar surface area (TPSA) is 98.5 Å². The van der Waals surface area contributed by atoms with E-state index in [-0.39, 0.29) is 5.78 Å². The number of benzene rings is 2. The minimum atomic E-state index is -4.43. The third-order valence-corrected chi connectivity index (χ3v) is 10.6. The number of nitrogens with one attached hydrogen (secondary N) is 4. The largest absolute Gasteiger partial charge is 0.416 e. The molecule has 4 heterocycles. The van der Waals surface area contributed by atoms with Crippen LogP contribution in [0.15, 0.2) is 83.8 Å². The molecule has 0 bridgehead atoms. The molecule has 4 aromatic heterocycles. The summed E-state index contributed by atoms with van der Waals surface area (Å²) in [5.74, 6) is -0.869. The number of alkyl halides is 6. The fraction of sp³-hybridized carbons (Fsp3) is 0.229. The second kappa shape index (κ2) is 14.2. The Hall–Kier alpha value is -4.89. The number of aromatic amines is 2. The minimum Gasteiger partial charge on any atom is -0.380 e. The molecule has 0 saturated carbocycles. The maximum atomic E-state index is 13.9. The van der Waals surface area contributed by atoms with Gasteiger partial charge < -0.3 is 10.6 Å². The van der Waals surface area contributed by atoms with Gasteiger partial charge in [0.15, 0.2) is 0 Å². The van der Waals surface area contributed by atoms with Crippen molar-refractivity contribution in [3.05, 3.63) is 116 Å². The van der Waals surface area contributed by atoms with Crippen LogP contribution in [0.2, 0.25) is 0 Å². The zero-order valence-corrected chi connectivity index (χ0v) is 28.2. The molecule has 4 N–H and O–H groups in total. The number of thiophene rings is 2. The monoisotopic (exact) mass is 728 g/mol. The summed E-state index contributed by atoms with van der Waals surface area (Å²) in [6, 6.07) is 13.5. The summed E-state index contributed by atoms with van der Waals surface area (Å²) in [6.07, 6.45) is -5.62. The van der Waals surface area contributed by atoms with E-state index in [1.54, 1.807) is 12.4 Å². The van der Waals surface area contributed by atoms with Gasteiger partial charge >= 0.3 is 12.4 Å². The number of rotatable bonds is 12. The number of Topliss-reactive ketones (excluding diaryl/α,β-unsaturated/α-hetero) is 1. The van der Waals surface area contributed by atoms with E-state index in [9.17, 15) is 31.1 Å². The standard InChI is InChI=1S/C35H30F6N6OS2/c1-19(32-27(11-13-49-32)42-15-23-17-44-46-29(23)21-3-7-25(8-4-21)34(36,37)38)31(48)20(2)33-28(12-14-50-33)43-16-24-18-45-47-30(24)22-5-9-26(10-6-22)35(39,40)41/h3-14,17-20,42-43H,15-16H2,1-2H3,(H,44,46)(H,45,47). The van der Waals surface area contributed by atoms with Gasteiger partial charge in [-0.25, -0.2) is 0 Å². The molecule has 0 aliphatic rings. The normalized spacial score (nSPS) is 13.3. The molecule has 0 fully saturated rings. The van der Waals surface area contributed by atoms with Crippen molar-refractivity contribution in [2.45, 2.75) is 51.1 Å². The summed E-state index contributed by atoms with van der Waals surface area (Å²) in [5, 5.41) is 24.5. The van der Waals surface area contributed by atoms with Crippen LogP contribution < -0.4 is 10.6 Å². The average Bonchev–Trinajstić information content (AvgIpc) is 3.92. The fourth-order valence-electron chi connectivity index (χ4n) is 5.66. The number of H-pyrrole nitrogens is 2. The van der Waals surface area contributed by atoms with Crippen LogP contribution in [0.1, 0.15) is 57.7 Å². The van der Waals surface area contributed by atoms with Crippen molar-refractivity contribution in [1.29, 1.82) is 0 Å². The summed E-state index contributed by atoms with van der Waals surface area (Å²) >= 11 is 2.92. The summed E-state index contributed by atoms with van der Waals surface area (Å²) in [5.41, 5.74) is 3.94. The highest BCUT2D eigenvalue weighted by atomic mass is 32.1. The van der Waals surface area contributed by atoms with Crippen molar-refractivity contribution >= 4 is 39.8 Å². The number of ketones is 1. The highest BCUT2D eigenvalue weighted by Crippen LogP contribution is 2.39. The summed E-state index contributed by atoms with van der Waals surface area (Å²) in [7, 11) is 0. The molecular formula is C35H30F6N6OS2. The number of nitrogens with zero attached hydrogens (tertiary/aromatic N) is 2. The second-order valence-electron chi connectivity index (χ2n) is 11.6. The van der Waals surface area contributed by atoms with Gasteiger partial charge in [-0.3, -0.25) is 15.0 Å². The molecule has 6 aromatic rings. The maximum absolute atomic E-state index is 13.9. The van der Waals surface area contributed by atoms with Crippen molar-refractivity contribution < 1.29 is 31.1 Å². The molecular weight excluding hydrogens is 699 g/mol. The molecule has 7 nitrogen and oxygen atoms in total. The molecule has 2 atom stereocenters. The van der Waals surface area contributed by atoms with Gasteiger partial charge in [0.05, 0.1) is 46.7 Å². The molecule has 2 unspecified atom stereocenters. The summed E-state index contributed by atoms with van der Waals surface area (Å²) in [6.45, 7) is 4.39. The number of hydrogen-bond donors (Lipinski definition) is 4. The van der Waals surface area contributed by atoms with Crippen molar-refractivity contribution in [2.75, 3.05) is 10.6 Å². The Balaban J connectivity index is 1.10. The van der Waals surface area contributed by atoms with Crippen LogP contribution in [-0.2, 0) is 30.2 Å². The van der Waals surface area contributed by atoms with E-state index in [2.05, 4.69) is 31.0 Å². The lowest BCUT2D eigenvalue weighted by atomic mass is 9.92. The van der Waals surface area contributed by atoms with E-state index in [0.717, 1.165) is 56.5 Å². The van der Waals surface area contributed by atoms with Gasteiger partial charge in [0, 0.05) is 45.3 Å². The van der Waals surface area contributed by atoms with E-state index >= 15 is 0 Å². The third-order valence-electron chi connectivity index (χ3n) is 8.41. The number of carbonyl (C=O) groups is 1. The van der Waals surface area contributed by atoms with Crippen LogP contribution in [0.5, 0.6) is 0 Å². The zero-order chi connectivity index (χ0) is 35.6. The first-order valence-corrected chi connectivity index (χ1v) is 17.1. The van der Waals surface area contributed by atoms with E-state index in [1.807, 2.05) is 36.7 Å². The number of anilines is 2. The van der Waals surface area contributed by atoms with Gasteiger partial charge in [0.2, 0.25) is 0 Å². The molecule has 260 valence electrons. The molecule has 0 aliphatic carbocycles. The van der Waals surface area contributed by atoms with E-state index in [0.29, 0.717) is 35.6 Å². The number of aromatic nitrogens is 4. The molecule has 15 heteroatoms. The van der Waals surface area contributed by atoms with Crippen molar-refractivity contribution in [3.63, 3.8) is 0 Å². The van der Waals surface area contributed by atoms with Crippen molar-refractivity contribution in [2.24, 2.45) is 0 Å². The lowest BCUT2D eigenvalue weighted by molar-refractivity contribution is -0.138. The third kappa shape index (κ3) is 7.48. The van der Waals surface area contributed by atoms with Crippen molar-refractivity contribution in [1.82, 2.24) is 20.4 Å². The Morgan fingerprint density at radius 1 is 0.660 bits per heavy atom. The van der Waals surface area contributed by atoms with Gasteiger partial charge in [0.25, 0.3) is 0 Å². The summed E-state index contributed by atoms with van der Waals surface area (Å²) in [4.78, 5) is 15.6. The molecule has 0 spiro atoms. The SMILES string of the molecule is CC(C(=O)C(C)c1sccc1NCc1cn[nH]c1-c1ccc(C(F)(F)F)cc1)c1sccc1NCc1cn[nH]c1-c1ccc(C(F)(F)F)cc1. The lowest BCUT2D eigenvalue weighted by Gasteiger charge is -2.18. The maximum Gasteiger partial charge on any atom is 0.416 e. The number of halogens is 6. The van der Waals surface area contributed by atoms with Crippen LogP contribution in [0.3, 0.4) is 0 Å². The first-order valence-electron chi connectivity index (χ1n) is 15.4. The van der Waals surface area contributed by atoms with Crippen LogP contribution in [0.4, 0.5) is 37.7 Å². The first kappa shape index (κ1) is 35.0. The smallest absolute Gasteiger partial charge is 0.380 e. The van der Waals surface area contributed by atoms with Crippen molar-refractivity contribution in [3.8, 4) is 22.5 Å². The van der Waals surface area contributed by atoms with Crippen LogP contribution in [0.25, 0.3) is 22.5 Å². The van der Waals surface area contributed by atoms with Gasteiger partial charge in [-0.05, 0) is 58.3 Å². The van der Waals surface area contributed by atoms with E-state index in [4.69, 9.17) is 0 Å². The van der Waals surface area contributed by atoms with Gasteiger partial charge in [0.1, 0.15) is 5.78 Å². The Morgan fingerprint density at radius 2 is 1.04 bits per heavy atom. The predicted molar refractivity (Wildman–Crippen MR) is 183 cm³/mol. The van der Waals surface area contributed by atoms with Gasteiger partial charge in [-0.2, -0.15) is 36.5 Å². The fourth-order valence-corrected chi connectivity index (χ4v) is 7.54. The van der Waals surface area contributed by atoms with E-state index < -0.39 is 35.3 Å². The minimum absolute atomic E-state index is 0.0171. The average molecular weight is 729 g/mol. The molecule has 0 amide bonds. The predicted octanol–water partition coefficient (Wildman–Crippen LogP) is 10.3. The molecule has 0 saturated heterocycles. The molecule has 6 rings (SSSR count). The Labute approximate surface area is 290 Å². The van der Waals surface area contributed by atoms with Gasteiger partial charge in [-0.15, -0.1) is 22.7 Å². The van der Waals surface area contributed by atoms with E-state index in [1.165, 1.54) is 46.9 Å². The first-order chi connectivity index (χ1) is 23.8. The molecule has 0 radical (unpaired) electrons. The summed E-state index contributed by atoms with van der Waals surface area (Å²) < 4.78 is 78.2. The molecule has 2 aromatic carbocycles. The quantitative estimate of drug-likeness (QED) is 0.0941. The Bertz CT molecular complexity index is 1910. The van der Waals surface area contributed by atoms with Gasteiger partial charge in [-0.1, -0.05) is 38.1 Å². The second-order valence-corrected chi connectivity index (χ2v) is 13.5.